The van der Waals surface area contributed by atoms with Gasteiger partial charge in [-0.15, -0.1) is 4.67 Å². The molecule has 0 rings (SSSR count). The molecule has 0 saturated carbocycles. The van der Waals surface area contributed by atoms with Crippen molar-refractivity contribution in [1.82, 2.24) is 0 Å². The van der Waals surface area contributed by atoms with E-state index in [1.807, 2.05) is 0 Å². The maximum Gasteiger partial charge on any atom is 0.353 e. The van der Waals surface area contributed by atoms with Gasteiger partial charge in [-0.05, 0) is 25.7 Å². The summed E-state index contributed by atoms with van der Waals surface area (Å²) in [7, 11) is 0. The summed E-state index contributed by atoms with van der Waals surface area (Å²) in [6, 6.07) is 0. The van der Waals surface area contributed by atoms with Crippen LogP contribution in [-0.2, 0) is 25.9 Å². The lowest BCUT2D eigenvalue weighted by atomic mass is 10.9. The summed E-state index contributed by atoms with van der Waals surface area (Å²) in [5.74, 6) is 0. The van der Waals surface area contributed by atoms with Crippen molar-refractivity contribution in [2.24, 2.45) is 0 Å². The Morgan fingerprint density at radius 2 is 2.00 bits per heavy atom. The van der Waals surface area contributed by atoms with Crippen LogP contribution in [0.4, 0.5) is 0 Å². The Hall–Kier alpha value is 0.490. The highest BCUT2D eigenvalue weighted by Gasteiger charge is 2.13. The second-order valence-corrected chi connectivity index (χ2v) is 4.10. The fourth-order valence-corrected chi connectivity index (χ4v) is 1.36. The Morgan fingerprint density at radius 1 is 1.40 bits per heavy atom. The number of hydrogen-bond acceptors (Lipinski definition) is 4. The third-order valence-corrected chi connectivity index (χ3v) is 1.93. The maximum absolute atomic E-state index is 9.00. The second kappa shape index (κ2) is 5.18. The largest absolute Gasteiger partial charge is 0.353 e. The van der Waals surface area contributed by atoms with Crippen LogP contribution < -0.4 is 0 Å². The topological polar surface area (TPSA) is 47.9 Å². The van der Waals surface area contributed by atoms with Gasteiger partial charge in [0.25, 0.3) is 0 Å². The molecule has 1 N–H and O–H groups in total. The zero-order valence-corrected chi connectivity index (χ0v) is 7.65. The van der Waals surface area contributed by atoms with E-state index in [1.165, 1.54) is 0 Å². The molecule has 0 aromatic carbocycles. The average molecular weight is 186 g/mol. The first kappa shape index (κ1) is 10.5. The molecule has 0 bridgehead atoms. The van der Waals surface area contributed by atoms with Gasteiger partial charge in [0.05, 0.1) is 13.2 Å². The molecule has 4 nitrogen and oxygen atoms in total. The maximum atomic E-state index is 9.00. The van der Waals surface area contributed by atoms with E-state index in [0.717, 1.165) is 0 Å². The van der Waals surface area contributed by atoms with Crippen LogP contribution in [0.5, 0.6) is 0 Å². The molecular weight excluding hydrogens is 175 g/mol. The van der Waals surface area contributed by atoms with Crippen molar-refractivity contribution >= 4 is 18.5 Å². The minimum absolute atomic E-state index is 0.320. The molecular formula is C4H11O4PS. The highest BCUT2D eigenvalue weighted by atomic mass is 32.5. The molecule has 0 heterocycles. The molecule has 1 atom stereocenters. The van der Waals surface area contributed by atoms with Crippen molar-refractivity contribution in [2.75, 3.05) is 13.2 Å². The van der Waals surface area contributed by atoms with Crippen molar-refractivity contribution < 1.29 is 19.0 Å². The standard InChI is InChI=1S/C4H11O4PS/c1-3-6-8-9(5,10)7-4-2/h3-4H2,1-2H3,(H,5,10). The first-order valence-corrected chi connectivity index (χ1v) is 5.50. The molecule has 0 spiro atoms. The molecule has 0 aliphatic rings. The van der Waals surface area contributed by atoms with Crippen LogP contribution in [-0.4, -0.2) is 18.1 Å². The predicted octanol–water partition coefficient (Wildman–Crippen LogP) is 1.21. The lowest BCUT2D eigenvalue weighted by Crippen LogP contribution is -1.95. The molecule has 0 aromatic rings. The molecule has 0 radical (unpaired) electrons. The summed E-state index contributed by atoms with van der Waals surface area (Å²) < 4.78 is 9.04. The van der Waals surface area contributed by atoms with Gasteiger partial charge < -0.3 is 9.42 Å². The van der Waals surface area contributed by atoms with Gasteiger partial charge >= 0.3 is 6.72 Å². The smallest absolute Gasteiger partial charge is 0.323 e. The average Bonchev–Trinajstić information content (AvgIpc) is 1.84. The predicted molar refractivity (Wildman–Crippen MR) is 40.8 cm³/mol. The van der Waals surface area contributed by atoms with Crippen molar-refractivity contribution in [3.8, 4) is 0 Å². The number of hydrogen-bond donors (Lipinski definition) is 1. The summed E-state index contributed by atoms with van der Waals surface area (Å²) in [6.07, 6.45) is 0. The first-order valence-electron chi connectivity index (χ1n) is 2.91. The van der Waals surface area contributed by atoms with Crippen LogP contribution in [0.2, 0.25) is 0 Å². The van der Waals surface area contributed by atoms with Gasteiger partial charge in [0, 0.05) is 0 Å². The fourth-order valence-electron chi connectivity index (χ4n) is 0.304. The van der Waals surface area contributed by atoms with E-state index in [2.05, 4.69) is 25.9 Å². The van der Waals surface area contributed by atoms with Crippen LogP contribution >= 0.6 is 6.72 Å². The molecule has 0 amide bonds. The van der Waals surface area contributed by atoms with Gasteiger partial charge in [-0.3, -0.25) is 0 Å². The Labute approximate surface area is 65.3 Å². The molecule has 0 aromatic heterocycles. The van der Waals surface area contributed by atoms with Gasteiger partial charge in [0.1, 0.15) is 0 Å². The van der Waals surface area contributed by atoms with E-state index in [-0.39, 0.29) is 0 Å². The van der Waals surface area contributed by atoms with Gasteiger partial charge in [-0.1, -0.05) is 0 Å². The van der Waals surface area contributed by atoms with E-state index >= 15 is 0 Å². The van der Waals surface area contributed by atoms with Crippen LogP contribution in [0.25, 0.3) is 0 Å². The summed E-state index contributed by atoms with van der Waals surface area (Å²) >= 11 is 4.51. The van der Waals surface area contributed by atoms with E-state index in [9.17, 15) is 0 Å². The fraction of sp³-hybridized carbons (Fsp3) is 1.00. The summed E-state index contributed by atoms with van der Waals surface area (Å²) in [5, 5.41) is 0. The number of rotatable bonds is 5. The zero-order chi connectivity index (χ0) is 8.04. The quantitative estimate of drug-likeness (QED) is 0.397. The summed E-state index contributed by atoms with van der Waals surface area (Å²) in [5.41, 5.74) is 0. The van der Waals surface area contributed by atoms with Gasteiger partial charge in [0.2, 0.25) is 0 Å². The van der Waals surface area contributed by atoms with E-state index in [0.29, 0.717) is 13.2 Å². The van der Waals surface area contributed by atoms with Gasteiger partial charge in [-0.25, -0.2) is 4.89 Å². The highest BCUT2D eigenvalue weighted by molar-refractivity contribution is 8.07. The van der Waals surface area contributed by atoms with E-state index < -0.39 is 6.72 Å². The molecule has 10 heavy (non-hydrogen) atoms. The Morgan fingerprint density at radius 3 is 2.40 bits per heavy atom. The Balaban J connectivity index is 3.53. The minimum atomic E-state index is -3.10. The molecule has 0 fully saturated rings. The molecule has 6 heteroatoms. The minimum Gasteiger partial charge on any atom is -0.323 e. The van der Waals surface area contributed by atoms with Gasteiger partial charge in [-0.2, -0.15) is 0 Å². The monoisotopic (exact) mass is 186 g/mol. The molecule has 0 aliphatic carbocycles. The molecule has 62 valence electrons. The molecule has 0 aliphatic heterocycles. The SMILES string of the molecule is CCOOP(O)(=S)OCC. The summed E-state index contributed by atoms with van der Waals surface area (Å²) in [4.78, 5) is 13.4. The van der Waals surface area contributed by atoms with Gasteiger partial charge in [0.15, 0.2) is 0 Å². The highest BCUT2D eigenvalue weighted by Crippen LogP contribution is 2.43. The normalized spacial score (nSPS) is 16.7. The van der Waals surface area contributed by atoms with E-state index in [4.69, 9.17) is 4.89 Å². The van der Waals surface area contributed by atoms with E-state index in [1.54, 1.807) is 13.8 Å². The lowest BCUT2D eigenvalue weighted by molar-refractivity contribution is -0.211. The summed E-state index contributed by atoms with van der Waals surface area (Å²) in [6.45, 7) is 1.00. The van der Waals surface area contributed by atoms with Crippen LogP contribution in [0.3, 0.4) is 0 Å². The zero-order valence-electron chi connectivity index (χ0n) is 5.94. The first-order chi connectivity index (χ1) is 4.62. The van der Waals surface area contributed by atoms with Crippen molar-refractivity contribution in [3.05, 3.63) is 0 Å². The van der Waals surface area contributed by atoms with Crippen LogP contribution in [0, 0.1) is 0 Å². The third kappa shape index (κ3) is 5.29. The Bertz CT molecular complexity index is 128. The third-order valence-electron chi connectivity index (χ3n) is 0.557. The van der Waals surface area contributed by atoms with Crippen molar-refractivity contribution in [3.63, 3.8) is 0 Å². The lowest BCUT2D eigenvalue weighted by Gasteiger charge is -2.11. The Kier molecular flexibility index (Phi) is 5.44. The van der Waals surface area contributed by atoms with Crippen molar-refractivity contribution in [2.45, 2.75) is 13.8 Å². The van der Waals surface area contributed by atoms with Crippen molar-refractivity contribution in [1.29, 1.82) is 0 Å². The molecule has 1 unspecified atom stereocenters. The van der Waals surface area contributed by atoms with Crippen LogP contribution in [0.15, 0.2) is 0 Å². The second-order valence-electron chi connectivity index (χ2n) is 1.37. The van der Waals surface area contributed by atoms with Crippen LogP contribution in [0.1, 0.15) is 13.8 Å². The molecule has 0 saturated heterocycles.